The van der Waals surface area contributed by atoms with Crippen LogP contribution in [-0.2, 0) is 24.0 Å². The number of aromatic nitrogens is 1. The Labute approximate surface area is 193 Å². The van der Waals surface area contributed by atoms with E-state index in [1.54, 1.807) is 6.07 Å². The van der Waals surface area contributed by atoms with Gasteiger partial charge in [-0.3, -0.25) is 4.98 Å². The van der Waals surface area contributed by atoms with Gasteiger partial charge in [0.05, 0.1) is 18.2 Å². The maximum Gasteiger partial charge on any atom is 0.337 e. The number of methoxy groups -OCH3 is 1. The van der Waals surface area contributed by atoms with Crippen LogP contribution in [0.4, 0.5) is 0 Å². The van der Waals surface area contributed by atoms with Gasteiger partial charge in [-0.15, -0.1) is 0 Å². The second-order valence-corrected chi connectivity index (χ2v) is 8.12. The summed E-state index contributed by atoms with van der Waals surface area (Å²) in [6, 6.07) is 26.0. The summed E-state index contributed by atoms with van der Waals surface area (Å²) in [6.45, 7) is 0. The van der Waals surface area contributed by atoms with Crippen LogP contribution in [-0.4, -0.2) is 18.1 Å². The fourth-order valence-electron chi connectivity index (χ4n) is 3.67. The number of esters is 1. The number of benzene rings is 3. The number of halogens is 1. The number of pyridine rings is 1. The summed E-state index contributed by atoms with van der Waals surface area (Å²) in [5.41, 5.74) is 6.07. The number of hydrogen-bond acceptors (Lipinski definition) is 3. The maximum absolute atomic E-state index is 11.7. The lowest BCUT2D eigenvalue weighted by atomic mass is 10.0. The molecule has 1 aromatic heterocycles. The highest BCUT2D eigenvalue weighted by Gasteiger charge is 2.05. The number of aryl methyl sites for hydroxylation is 2. The minimum Gasteiger partial charge on any atom is -0.465 e. The highest BCUT2D eigenvalue weighted by atomic mass is 35.5. The van der Waals surface area contributed by atoms with Crippen LogP contribution in [0.2, 0.25) is 5.02 Å². The fraction of sp³-hybridized carbons (Fsp3) is 0.143. The zero-order valence-electron chi connectivity index (χ0n) is 17.9. The molecule has 0 radical (unpaired) electrons. The molecule has 0 aliphatic rings. The van der Waals surface area contributed by atoms with Crippen molar-refractivity contribution < 1.29 is 9.53 Å². The van der Waals surface area contributed by atoms with Gasteiger partial charge in [0.1, 0.15) is 0 Å². The van der Waals surface area contributed by atoms with E-state index in [4.69, 9.17) is 21.3 Å². The Morgan fingerprint density at radius 3 is 2.62 bits per heavy atom. The Morgan fingerprint density at radius 1 is 0.938 bits per heavy atom. The summed E-state index contributed by atoms with van der Waals surface area (Å²) in [6.07, 6.45) is 6.77. The van der Waals surface area contributed by atoms with Gasteiger partial charge in [-0.2, -0.15) is 0 Å². The molecule has 4 heteroatoms. The standard InChI is InChI=1S/C28H24ClNO2/c1-32-28(31)24-10-4-9-21(18-24)7-2-5-20-6-3-8-22(17-20)11-15-26-16-13-23-12-14-25(29)19-27(23)30-26/h2-6,8-10,12-14,16-19H,7,11,15H2,1H3. The van der Waals surface area contributed by atoms with E-state index >= 15 is 0 Å². The van der Waals surface area contributed by atoms with Crippen LogP contribution in [0, 0.1) is 0 Å². The van der Waals surface area contributed by atoms with Crippen LogP contribution in [0.15, 0.2) is 84.9 Å². The number of allylic oxidation sites excluding steroid dienone is 1. The van der Waals surface area contributed by atoms with Crippen molar-refractivity contribution >= 4 is 34.5 Å². The molecule has 0 saturated heterocycles. The highest BCUT2D eigenvalue weighted by Crippen LogP contribution is 2.19. The average molecular weight is 442 g/mol. The Kier molecular flexibility index (Phi) is 6.98. The van der Waals surface area contributed by atoms with Crippen molar-refractivity contribution in [2.24, 2.45) is 0 Å². The van der Waals surface area contributed by atoms with E-state index in [-0.39, 0.29) is 5.97 Å². The number of ether oxygens (including phenoxy) is 1. The third-order valence-corrected chi connectivity index (χ3v) is 5.58. The van der Waals surface area contributed by atoms with Gasteiger partial charge in [-0.1, -0.05) is 72.3 Å². The summed E-state index contributed by atoms with van der Waals surface area (Å²) in [5.74, 6) is -0.312. The number of rotatable bonds is 7. The van der Waals surface area contributed by atoms with Crippen molar-refractivity contribution in [2.45, 2.75) is 19.3 Å². The Bertz CT molecular complexity index is 1280. The van der Waals surface area contributed by atoms with Crippen LogP contribution in [0.25, 0.3) is 17.0 Å². The van der Waals surface area contributed by atoms with Gasteiger partial charge in [0.2, 0.25) is 0 Å². The van der Waals surface area contributed by atoms with Gasteiger partial charge in [0.25, 0.3) is 0 Å². The molecule has 0 atom stereocenters. The molecule has 4 aromatic rings. The van der Waals surface area contributed by atoms with Crippen molar-refractivity contribution in [2.75, 3.05) is 7.11 Å². The monoisotopic (exact) mass is 441 g/mol. The summed E-state index contributed by atoms with van der Waals surface area (Å²) in [4.78, 5) is 16.4. The number of carbonyl (C=O) groups excluding carboxylic acids is 1. The molecule has 1 heterocycles. The average Bonchev–Trinajstić information content (AvgIpc) is 2.82. The molecule has 0 aliphatic heterocycles. The van der Waals surface area contributed by atoms with E-state index in [1.165, 1.54) is 12.7 Å². The second kappa shape index (κ2) is 10.3. The molecule has 3 aromatic carbocycles. The minimum absolute atomic E-state index is 0.312. The predicted molar refractivity (Wildman–Crippen MR) is 131 cm³/mol. The van der Waals surface area contributed by atoms with E-state index in [2.05, 4.69) is 48.6 Å². The molecule has 160 valence electrons. The molecule has 0 amide bonds. The van der Waals surface area contributed by atoms with Crippen molar-refractivity contribution in [1.29, 1.82) is 0 Å². The zero-order valence-corrected chi connectivity index (χ0v) is 18.7. The topological polar surface area (TPSA) is 39.2 Å². The van der Waals surface area contributed by atoms with Gasteiger partial charge in [-0.05, 0) is 66.3 Å². The molecular formula is C28H24ClNO2. The number of hydrogen-bond donors (Lipinski definition) is 0. The third-order valence-electron chi connectivity index (χ3n) is 5.34. The van der Waals surface area contributed by atoms with Gasteiger partial charge in [0, 0.05) is 16.1 Å². The van der Waals surface area contributed by atoms with Crippen molar-refractivity contribution in [3.63, 3.8) is 0 Å². The molecule has 0 fully saturated rings. The molecular weight excluding hydrogens is 418 g/mol. The van der Waals surface area contributed by atoms with Crippen molar-refractivity contribution in [3.8, 4) is 0 Å². The normalized spacial score (nSPS) is 11.2. The SMILES string of the molecule is COC(=O)c1cccc(CC=Cc2cccc(CCc3ccc4ccc(Cl)cc4n3)c2)c1. The van der Waals surface area contributed by atoms with Gasteiger partial charge in [-0.25, -0.2) is 4.79 Å². The summed E-state index contributed by atoms with van der Waals surface area (Å²) in [5, 5.41) is 1.81. The maximum atomic E-state index is 11.7. The van der Waals surface area contributed by atoms with Gasteiger partial charge in [0.15, 0.2) is 0 Å². The van der Waals surface area contributed by atoms with Crippen LogP contribution in [0.3, 0.4) is 0 Å². The second-order valence-electron chi connectivity index (χ2n) is 7.68. The molecule has 0 spiro atoms. The first-order valence-corrected chi connectivity index (χ1v) is 11.0. The fourth-order valence-corrected chi connectivity index (χ4v) is 3.84. The highest BCUT2D eigenvalue weighted by molar-refractivity contribution is 6.31. The van der Waals surface area contributed by atoms with Gasteiger partial charge < -0.3 is 4.74 Å². The van der Waals surface area contributed by atoms with E-state index in [1.807, 2.05) is 36.4 Å². The molecule has 0 unspecified atom stereocenters. The van der Waals surface area contributed by atoms with E-state index in [0.29, 0.717) is 10.6 Å². The molecule has 0 aliphatic carbocycles. The lowest BCUT2D eigenvalue weighted by Gasteiger charge is -2.05. The number of carbonyl (C=O) groups is 1. The molecule has 4 rings (SSSR count). The molecule has 0 bridgehead atoms. The summed E-state index contributed by atoms with van der Waals surface area (Å²) < 4.78 is 4.79. The number of fused-ring (bicyclic) bond motifs is 1. The van der Waals surface area contributed by atoms with E-state index in [9.17, 15) is 4.79 Å². The van der Waals surface area contributed by atoms with Crippen molar-refractivity contribution in [3.05, 3.63) is 118 Å². The number of nitrogens with zero attached hydrogens (tertiary/aromatic N) is 1. The third kappa shape index (κ3) is 5.63. The summed E-state index contributed by atoms with van der Waals surface area (Å²) >= 11 is 6.10. The van der Waals surface area contributed by atoms with Crippen LogP contribution >= 0.6 is 11.6 Å². The zero-order chi connectivity index (χ0) is 22.3. The first-order chi connectivity index (χ1) is 15.6. The van der Waals surface area contributed by atoms with E-state index in [0.717, 1.165) is 47.0 Å². The predicted octanol–water partition coefficient (Wildman–Crippen LogP) is 6.72. The molecule has 0 N–H and O–H groups in total. The Hall–Kier alpha value is -3.43. The van der Waals surface area contributed by atoms with Crippen LogP contribution in [0.5, 0.6) is 0 Å². The van der Waals surface area contributed by atoms with Crippen LogP contribution in [0.1, 0.15) is 32.7 Å². The lowest BCUT2D eigenvalue weighted by molar-refractivity contribution is 0.0600. The largest absolute Gasteiger partial charge is 0.465 e. The summed E-state index contributed by atoms with van der Waals surface area (Å²) in [7, 11) is 1.40. The van der Waals surface area contributed by atoms with Crippen molar-refractivity contribution in [1.82, 2.24) is 4.98 Å². The lowest BCUT2D eigenvalue weighted by Crippen LogP contribution is -2.01. The first kappa shape index (κ1) is 21.8. The Balaban J connectivity index is 1.39. The van der Waals surface area contributed by atoms with Gasteiger partial charge >= 0.3 is 5.97 Å². The molecule has 0 saturated carbocycles. The molecule has 32 heavy (non-hydrogen) atoms. The minimum atomic E-state index is -0.312. The Morgan fingerprint density at radius 2 is 1.75 bits per heavy atom. The first-order valence-electron chi connectivity index (χ1n) is 10.6. The molecule has 3 nitrogen and oxygen atoms in total. The van der Waals surface area contributed by atoms with Crippen LogP contribution < -0.4 is 0 Å². The smallest absolute Gasteiger partial charge is 0.337 e. The quantitative estimate of drug-likeness (QED) is 0.299. The van der Waals surface area contributed by atoms with E-state index < -0.39 is 0 Å².